The molecule has 0 bridgehead atoms. The van der Waals surface area contributed by atoms with Gasteiger partial charge < -0.3 is 10.5 Å². The Morgan fingerprint density at radius 3 is 2.33 bits per heavy atom. The normalized spacial score (nSPS) is 13.9. The number of ether oxygens (including phenoxy) is 1. The molecule has 21 heavy (non-hydrogen) atoms. The number of hydrogen-bond donors (Lipinski definition) is 1. The third-order valence-electron chi connectivity index (χ3n) is 3.43. The van der Waals surface area contributed by atoms with Crippen molar-refractivity contribution in [2.75, 3.05) is 6.61 Å². The van der Waals surface area contributed by atoms with Crippen LogP contribution in [0.15, 0.2) is 54.6 Å². The average molecular weight is 304 g/mol. The second kappa shape index (κ2) is 8.18. The molecule has 0 aliphatic heterocycles. The van der Waals surface area contributed by atoms with Crippen molar-refractivity contribution in [2.45, 2.75) is 31.9 Å². The molecule has 0 aliphatic rings. The van der Waals surface area contributed by atoms with Gasteiger partial charge in [-0.05, 0) is 43.0 Å². The van der Waals surface area contributed by atoms with Crippen molar-refractivity contribution in [1.82, 2.24) is 0 Å². The van der Waals surface area contributed by atoms with E-state index in [2.05, 4.69) is 24.3 Å². The molecule has 0 fully saturated rings. The molecule has 2 N–H and O–H groups in total. The maximum atomic E-state index is 6.04. The molecule has 0 radical (unpaired) electrons. The van der Waals surface area contributed by atoms with Crippen LogP contribution in [0.2, 0.25) is 5.02 Å². The molecule has 0 aliphatic carbocycles. The van der Waals surface area contributed by atoms with E-state index in [0.717, 1.165) is 23.4 Å². The van der Waals surface area contributed by atoms with E-state index in [1.807, 2.05) is 37.3 Å². The van der Waals surface area contributed by atoms with Gasteiger partial charge in [-0.1, -0.05) is 54.1 Å². The van der Waals surface area contributed by atoms with Crippen molar-refractivity contribution >= 4 is 11.6 Å². The highest BCUT2D eigenvalue weighted by atomic mass is 35.5. The van der Waals surface area contributed by atoms with E-state index >= 15 is 0 Å². The number of halogens is 1. The first-order valence-corrected chi connectivity index (χ1v) is 7.71. The fraction of sp³-hybridized carbons (Fsp3) is 0.333. The maximum Gasteiger partial charge on any atom is 0.0972 e. The van der Waals surface area contributed by atoms with E-state index in [0.29, 0.717) is 6.61 Å². The summed E-state index contributed by atoms with van der Waals surface area (Å²) >= 11 is 5.92. The molecule has 0 saturated heterocycles. The smallest absolute Gasteiger partial charge is 0.0972 e. The lowest BCUT2D eigenvalue weighted by Crippen LogP contribution is -2.27. The van der Waals surface area contributed by atoms with Gasteiger partial charge >= 0.3 is 0 Å². The van der Waals surface area contributed by atoms with E-state index in [1.54, 1.807) is 0 Å². The zero-order valence-electron chi connectivity index (χ0n) is 12.3. The van der Waals surface area contributed by atoms with Gasteiger partial charge in [0.15, 0.2) is 0 Å². The Labute approximate surface area is 131 Å². The first-order chi connectivity index (χ1) is 10.2. The number of aryl methyl sites for hydroxylation is 1. The van der Waals surface area contributed by atoms with Crippen LogP contribution in [-0.2, 0) is 11.2 Å². The molecule has 112 valence electrons. The van der Waals surface area contributed by atoms with Crippen molar-refractivity contribution in [2.24, 2.45) is 5.73 Å². The van der Waals surface area contributed by atoms with Gasteiger partial charge in [-0.15, -0.1) is 0 Å². The Bertz CT molecular complexity index is 525. The van der Waals surface area contributed by atoms with Crippen LogP contribution in [0.1, 0.15) is 30.6 Å². The van der Waals surface area contributed by atoms with Crippen LogP contribution < -0.4 is 5.73 Å². The van der Waals surface area contributed by atoms with Crippen molar-refractivity contribution < 1.29 is 4.74 Å². The number of benzene rings is 2. The van der Waals surface area contributed by atoms with E-state index in [-0.39, 0.29) is 12.1 Å². The summed E-state index contributed by atoms with van der Waals surface area (Å²) in [6.07, 6.45) is 1.92. The molecule has 2 aromatic rings. The van der Waals surface area contributed by atoms with Crippen LogP contribution in [-0.4, -0.2) is 12.6 Å². The average Bonchev–Trinajstić information content (AvgIpc) is 2.49. The van der Waals surface area contributed by atoms with Crippen molar-refractivity contribution in [1.29, 1.82) is 0 Å². The predicted octanol–water partition coefficient (Wildman–Crippen LogP) is 4.38. The second-order valence-electron chi connectivity index (χ2n) is 5.29. The molecular formula is C18H22ClNO. The van der Waals surface area contributed by atoms with E-state index in [9.17, 15) is 0 Å². The summed E-state index contributed by atoms with van der Waals surface area (Å²) in [6.45, 7) is 2.67. The monoisotopic (exact) mass is 303 g/mol. The molecule has 0 saturated carbocycles. The number of rotatable bonds is 7. The lowest BCUT2D eigenvalue weighted by atomic mass is 10.0. The van der Waals surface area contributed by atoms with Gasteiger partial charge in [0.25, 0.3) is 0 Å². The third-order valence-corrected chi connectivity index (χ3v) is 3.68. The third kappa shape index (κ3) is 5.16. The minimum atomic E-state index is -0.0851. The van der Waals surface area contributed by atoms with E-state index in [1.165, 1.54) is 5.56 Å². The van der Waals surface area contributed by atoms with Gasteiger partial charge in [0, 0.05) is 17.7 Å². The Balaban J connectivity index is 1.85. The Morgan fingerprint density at radius 2 is 1.71 bits per heavy atom. The quantitative estimate of drug-likeness (QED) is 0.771. The number of nitrogens with two attached hydrogens (primary N) is 1. The molecule has 0 heterocycles. The van der Waals surface area contributed by atoms with Crippen LogP contribution in [0.3, 0.4) is 0 Å². The molecule has 2 atom stereocenters. The summed E-state index contributed by atoms with van der Waals surface area (Å²) in [5.41, 5.74) is 8.46. The summed E-state index contributed by atoms with van der Waals surface area (Å²) in [5, 5.41) is 0.728. The van der Waals surface area contributed by atoms with Gasteiger partial charge in [0.05, 0.1) is 6.10 Å². The summed E-state index contributed by atoms with van der Waals surface area (Å²) in [6, 6.07) is 18.1. The largest absolute Gasteiger partial charge is 0.372 e. The van der Waals surface area contributed by atoms with Crippen LogP contribution in [0, 0.1) is 0 Å². The summed E-state index contributed by atoms with van der Waals surface area (Å²) in [4.78, 5) is 0. The lowest BCUT2D eigenvalue weighted by Gasteiger charge is -2.22. The van der Waals surface area contributed by atoms with Gasteiger partial charge in [-0.25, -0.2) is 0 Å². The molecule has 2 aromatic carbocycles. The molecule has 2 nitrogen and oxygen atoms in total. The SMILES string of the molecule is CC(N)C(OCCCc1ccccc1)c1ccc(Cl)cc1. The van der Waals surface area contributed by atoms with Crippen LogP contribution in [0.5, 0.6) is 0 Å². The first kappa shape index (κ1) is 16.0. The highest BCUT2D eigenvalue weighted by Crippen LogP contribution is 2.22. The summed E-state index contributed by atoms with van der Waals surface area (Å²) in [5.74, 6) is 0. The zero-order valence-corrected chi connectivity index (χ0v) is 13.1. The molecule has 2 rings (SSSR count). The fourth-order valence-electron chi connectivity index (χ4n) is 2.34. The lowest BCUT2D eigenvalue weighted by molar-refractivity contribution is 0.0370. The Morgan fingerprint density at radius 1 is 1.05 bits per heavy atom. The van der Waals surface area contributed by atoms with Gasteiger partial charge in [-0.2, -0.15) is 0 Å². The highest BCUT2D eigenvalue weighted by Gasteiger charge is 2.16. The first-order valence-electron chi connectivity index (χ1n) is 7.33. The second-order valence-corrected chi connectivity index (χ2v) is 5.73. The fourth-order valence-corrected chi connectivity index (χ4v) is 2.46. The Hall–Kier alpha value is -1.35. The van der Waals surface area contributed by atoms with Crippen molar-refractivity contribution in [3.63, 3.8) is 0 Å². The van der Waals surface area contributed by atoms with Crippen LogP contribution in [0.25, 0.3) is 0 Å². The van der Waals surface area contributed by atoms with Gasteiger partial charge in [0.2, 0.25) is 0 Å². The standard InChI is InChI=1S/C18H22ClNO/c1-14(20)18(16-9-11-17(19)12-10-16)21-13-5-8-15-6-3-2-4-7-15/h2-4,6-7,9-12,14,18H,5,8,13,20H2,1H3. The minimum absolute atomic E-state index is 0.0529. The van der Waals surface area contributed by atoms with Crippen LogP contribution in [0.4, 0.5) is 0 Å². The van der Waals surface area contributed by atoms with Gasteiger partial charge in [0.1, 0.15) is 0 Å². The maximum absolute atomic E-state index is 6.04. The Kier molecular flexibility index (Phi) is 6.24. The topological polar surface area (TPSA) is 35.2 Å². The molecule has 2 unspecified atom stereocenters. The zero-order chi connectivity index (χ0) is 15.1. The molecule has 0 aromatic heterocycles. The van der Waals surface area contributed by atoms with E-state index < -0.39 is 0 Å². The number of hydrogen-bond acceptors (Lipinski definition) is 2. The van der Waals surface area contributed by atoms with Gasteiger partial charge in [-0.3, -0.25) is 0 Å². The van der Waals surface area contributed by atoms with Crippen molar-refractivity contribution in [3.05, 3.63) is 70.7 Å². The molecular weight excluding hydrogens is 282 g/mol. The van der Waals surface area contributed by atoms with Crippen molar-refractivity contribution in [3.8, 4) is 0 Å². The minimum Gasteiger partial charge on any atom is -0.372 e. The summed E-state index contributed by atoms with van der Waals surface area (Å²) < 4.78 is 5.98. The molecule has 0 spiro atoms. The van der Waals surface area contributed by atoms with Crippen LogP contribution >= 0.6 is 11.6 Å². The highest BCUT2D eigenvalue weighted by molar-refractivity contribution is 6.30. The van der Waals surface area contributed by atoms with E-state index in [4.69, 9.17) is 22.1 Å². The molecule has 0 amide bonds. The summed E-state index contributed by atoms with van der Waals surface area (Å²) in [7, 11) is 0. The molecule has 3 heteroatoms. The predicted molar refractivity (Wildman–Crippen MR) is 88.6 cm³/mol.